The van der Waals surface area contributed by atoms with Crippen LogP contribution in [0.4, 0.5) is 0 Å². The molecule has 27 heavy (non-hydrogen) atoms. The number of halogens is 1. The summed E-state index contributed by atoms with van der Waals surface area (Å²) in [5.41, 5.74) is 0.332. The smallest absolute Gasteiger partial charge is 0.272 e. The van der Waals surface area contributed by atoms with E-state index in [9.17, 15) is 13.2 Å². The van der Waals surface area contributed by atoms with Crippen molar-refractivity contribution in [2.75, 3.05) is 39.5 Å². The van der Waals surface area contributed by atoms with Gasteiger partial charge in [-0.1, -0.05) is 11.6 Å². The maximum atomic E-state index is 12.5. The first-order valence-electron chi connectivity index (χ1n) is 9.19. The lowest BCUT2D eigenvalue weighted by Crippen LogP contribution is -2.52. The molecule has 0 saturated carbocycles. The van der Waals surface area contributed by atoms with Gasteiger partial charge in [-0.15, -0.1) is 0 Å². The fraction of sp³-hybridized carbons (Fsp3) is 0.706. The van der Waals surface area contributed by atoms with E-state index in [4.69, 9.17) is 11.6 Å². The van der Waals surface area contributed by atoms with Crippen LogP contribution < -0.4 is 0 Å². The molecule has 3 rings (SSSR count). The summed E-state index contributed by atoms with van der Waals surface area (Å²) in [6.07, 6.45) is 6.09. The van der Waals surface area contributed by atoms with Crippen molar-refractivity contribution < 1.29 is 13.2 Å². The largest absolute Gasteiger partial charge is 0.337 e. The molecule has 0 atom stereocenters. The molecule has 0 aromatic carbocycles. The summed E-state index contributed by atoms with van der Waals surface area (Å²) in [6, 6.07) is 2.02. The minimum atomic E-state index is -3.14. The van der Waals surface area contributed by atoms with Gasteiger partial charge in [-0.3, -0.25) is 4.79 Å². The Kier molecular flexibility index (Phi) is 6.35. The number of hydrogen-bond acceptors (Lipinski definition) is 6. The van der Waals surface area contributed by atoms with Crippen LogP contribution in [0.3, 0.4) is 0 Å². The molecule has 0 aliphatic carbocycles. The molecule has 0 unspecified atom stereocenters. The Labute approximate surface area is 165 Å². The quantitative estimate of drug-likeness (QED) is 0.684. The van der Waals surface area contributed by atoms with Crippen molar-refractivity contribution >= 4 is 27.5 Å². The van der Waals surface area contributed by atoms with E-state index in [0.717, 1.165) is 38.8 Å². The topological polar surface area (TPSA) is 86.7 Å². The Bertz CT molecular complexity index is 775. The molecule has 2 saturated heterocycles. The average molecular weight is 416 g/mol. The molecule has 0 spiro atoms. The highest BCUT2D eigenvalue weighted by atomic mass is 35.5. The summed E-state index contributed by atoms with van der Waals surface area (Å²) in [4.78, 5) is 24.6. The van der Waals surface area contributed by atoms with Crippen molar-refractivity contribution in [1.29, 1.82) is 0 Å². The van der Waals surface area contributed by atoms with Crippen LogP contribution in [0.15, 0.2) is 12.4 Å². The van der Waals surface area contributed by atoms with E-state index in [2.05, 4.69) is 14.9 Å². The van der Waals surface area contributed by atoms with Crippen molar-refractivity contribution in [2.24, 2.45) is 0 Å². The molecule has 150 valence electrons. The standard InChI is InChI=1S/C17H26ClN5O3S/c1-21(27(2,25)26)13-3-7-22(8-4-13)14-5-9-23(10-6-14)17(24)15-11-16(18)20-12-19-15/h11-14H,3-10H2,1-2H3. The molecule has 1 aromatic heterocycles. The Hall–Kier alpha value is -1.29. The van der Waals surface area contributed by atoms with E-state index in [1.165, 1.54) is 23.0 Å². The molecule has 3 heterocycles. The zero-order valence-corrected chi connectivity index (χ0v) is 17.3. The summed E-state index contributed by atoms with van der Waals surface area (Å²) >= 11 is 5.85. The van der Waals surface area contributed by atoms with Crippen molar-refractivity contribution in [3.8, 4) is 0 Å². The SMILES string of the molecule is CN(C1CCN(C2CCN(C(=O)c3cc(Cl)ncn3)CC2)CC1)S(C)(=O)=O. The maximum Gasteiger partial charge on any atom is 0.272 e. The summed E-state index contributed by atoms with van der Waals surface area (Å²) in [6.45, 7) is 3.16. The Balaban J connectivity index is 1.49. The monoisotopic (exact) mass is 415 g/mol. The number of rotatable bonds is 4. The van der Waals surface area contributed by atoms with Gasteiger partial charge in [0.05, 0.1) is 6.26 Å². The van der Waals surface area contributed by atoms with Crippen LogP contribution in [-0.4, -0.2) is 90.0 Å². The van der Waals surface area contributed by atoms with Gasteiger partial charge in [0.2, 0.25) is 10.0 Å². The van der Waals surface area contributed by atoms with Gasteiger partial charge in [0.15, 0.2) is 0 Å². The van der Waals surface area contributed by atoms with Gasteiger partial charge in [-0.2, -0.15) is 0 Å². The normalized spacial score (nSPS) is 21.0. The molecule has 0 bridgehead atoms. The van der Waals surface area contributed by atoms with Gasteiger partial charge in [0.1, 0.15) is 17.2 Å². The first-order valence-corrected chi connectivity index (χ1v) is 11.4. The Morgan fingerprint density at radius 2 is 1.78 bits per heavy atom. The molecule has 1 amide bonds. The Morgan fingerprint density at radius 3 is 2.33 bits per heavy atom. The summed E-state index contributed by atoms with van der Waals surface area (Å²) < 4.78 is 24.9. The number of sulfonamides is 1. The maximum absolute atomic E-state index is 12.5. The fourth-order valence-electron chi connectivity index (χ4n) is 3.93. The summed E-state index contributed by atoms with van der Waals surface area (Å²) in [5, 5.41) is 0.269. The minimum absolute atomic E-state index is 0.0837. The first kappa shape index (κ1) is 20.4. The number of amides is 1. The van der Waals surface area contributed by atoms with Gasteiger partial charge in [-0.05, 0) is 38.8 Å². The number of carbonyl (C=O) groups excluding carboxylic acids is 1. The minimum Gasteiger partial charge on any atom is -0.337 e. The predicted octanol–water partition coefficient (Wildman–Crippen LogP) is 1.09. The van der Waals surface area contributed by atoms with E-state index in [1.54, 1.807) is 7.05 Å². The van der Waals surface area contributed by atoms with Gasteiger partial charge < -0.3 is 9.80 Å². The third-order valence-electron chi connectivity index (χ3n) is 5.66. The molecule has 2 fully saturated rings. The molecule has 2 aliphatic rings. The number of carbonyl (C=O) groups is 1. The lowest BCUT2D eigenvalue weighted by atomic mass is 9.97. The van der Waals surface area contributed by atoms with Crippen LogP contribution in [0, 0.1) is 0 Å². The Morgan fingerprint density at radius 1 is 1.15 bits per heavy atom. The number of hydrogen-bond donors (Lipinski definition) is 0. The molecule has 0 radical (unpaired) electrons. The second kappa shape index (κ2) is 8.38. The first-order chi connectivity index (χ1) is 12.8. The van der Waals surface area contributed by atoms with E-state index >= 15 is 0 Å². The van der Waals surface area contributed by atoms with Crippen LogP contribution in [-0.2, 0) is 10.0 Å². The van der Waals surface area contributed by atoms with Crippen molar-refractivity contribution in [3.63, 3.8) is 0 Å². The predicted molar refractivity (Wildman–Crippen MR) is 103 cm³/mol. The van der Waals surface area contributed by atoms with Crippen LogP contribution in [0.5, 0.6) is 0 Å². The fourth-order valence-corrected chi connectivity index (χ4v) is 4.83. The molecule has 8 nitrogen and oxygen atoms in total. The highest BCUT2D eigenvalue weighted by Crippen LogP contribution is 2.24. The lowest BCUT2D eigenvalue weighted by molar-refractivity contribution is 0.0543. The van der Waals surface area contributed by atoms with Crippen LogP contribution in [0.2, 0.25) is 5.15 Å². The van der Waals surface area contributed by atoms with Crippen LogP contribution >= 0.6 is 11.6 Å². The van der Waals surface area contributed by atoms with Gasteiger partial charge >= 0.3 is 0 Å². The lowest BCUT2D eigenvalue weighted by Gasteiger charge is -2.42. The highest BCUT2D eigenvalue weighted by molar-refractivity contribution is 7.88. The third-order valence-corrected chi connectivity index (χ3v) is 7.21. The summed E-state index contributed by atoms with van der Waals surface area (Å²) in [7, 11) is -1.47. The van der Waals surface area contributed by atoms with E-state index in [1.807, 2.05) is 4.90 Å². The molecular weight excluding hydrogens is 390 g/mol. The van der Waals surface area contributed by atoms with E-state index in [0.29, 0.717) is 24.8 Å². The highest BCUT2D eigenvalue weighted by Gasteiger charge is 2.32. The second-order valence-corrected chi connectivity index (χ2v) is 9.72. The molecule has 2 aliphatic heterocycles. The number of aromatic nitrogens is 2. The summed E-state index contributed by atoms with van der Waals surface area (Å²) in [5.74, 6) is -0.105. The van der Waals surface area contributed by atoms with Crippen LogP contribution in [0.1, 0.15) is 36.2 Å². The van der Waals surface area contributed by atoms with Crippen molar-refractivity contribution in [1.82, 2.24) is 24.1 Å². The number of likely N-dealkylation sites (tertiary alicyclic amines) is 2. The molecule has 1 aromatic rings. The van der Waals surface area contributed by atoms with Crippen molar-refractivity contribution in [2.45, 2.75) is 37.8 Å². The van der Waals surface area contributed by atoms with Gasteiger partial charge in [0.25, 0.3) is 5.91 Å². The van der Waals surface area contributed by atoms with Gasteiger partial charge in [-0.25, -0.2) is 22.7 Å². The van der Waals surface area contributed by atoms with E-state index < -0.39 is 10.0 Å². The van der Waals surface area contributed by atoms with Crippen molar-refractivity contribution in [3.05, 3.63) is 23.2 Å². The van der Waals surface area contributed by atoms with Gasteiger partial charge in [0, 0.05) is 38.3 Å². The average Bonchev–Trinajstić information content (AvgIpc) is 2.66. The second-order valence-electron chi connectivity index (χ2n) is 7.30. The third kappa shape index (κ3) is 4.96. The number of nitrogens with zero attached hydrogens (tertiary/aromatic N) is 5. The molecule has 10 heteroatoms. The zero-order valence-electron chi connectivity index (χ0n) is 15.7. The molecule has 0 N–H and O–H groups in total. The zero-order chi connectivity index (χ0) is 19.6. The van der Waals surface area contributed by atoms with Crippen LogP contribution in [0.25, 0.3) is 0 Å². The molecular formula is C17H26ClN5O3S. The van der Waals surface area contributed by atoms with E-state index in [-0.39, 0.29) is 17.1 Å². The number of piperidine rings is 2.